The summed E-state index contributed by atoms with van der Waals surface area (Å²) in [6, 6.07) is 3.17. The van der Waals surface area contributed by atoms with Crippen molar-refractivity contribution in [2.75, 3.05) is 19.7 Å². The Morgan fingerprint density at radius 3 is 2.65 bits per heavy atom. The van der Waals surface area contributed by atoms with E-state index in [1.54, 1.807) is 6.07 Å². The summed E-state index contributed by atoms with van der Waals surface area (Å²) in [5.41, 5.74) is 0.776. The Kier molecular flexibility index (Phi) is 4.15. The highest BCUT2D eigenvalue weighted by molar-refractivity contribution is 6.42. The van der Waals surface area contributed by atoms with Gasteiger partial charge in [-0.1, -0.05) is 23.2 Å². The highest BCUT2D eigenvalue weighted by Gasteiger charge is 2.22. The lowest BCUT2D eigenvalue weighted by Gasteiger charge is -2.16. The molecule has 94 valence electrons. The molecule has 0 saturated carbocycles. The van der Waals surface area contributed by atoms with Gasteiger partial charge in [-0.2, -0.15) is 0 Å². The van der Waals surface area contributed by atoms with Crippen molar-refractivity contribution in [1.29, 1.82) is 0 Å². The second-order valence-electron chi connectivity index (χ2n) is 4.47. The number of hydrogen-bond donors (Lipinski definition) is 2. The van der Waals surface area contributed by atoms with Crippen LogP contribution in [0.5, 0.6) is 5.75 Å². The van der Waals surface area contributed by atoms with Gasteiger partial charge in [0.25, 0.3) is 0 Å². The fourth-order valence-electron chi connectivity index (χ4n) is 2.15. The van der Waals surface area contributed by atoms with Crippen molar-refractivity contribution in [3.8, 4) is 5.75 Å². The van der Waals surface area contributed by atoms with E-state index in [9.17, 15) is 5.11 Å². The fourth-order valence-corrected chi connectivity index (χ4v) is 2.49. The molecule has 0 spiro atoms. The van der Waals surface area contributed by atoms with Gasteiger partial charge < -0.3 is 10.2 Å². The van der Waals surface area contributed by atoms with Gasteiger partial charge in [0, 0.05) is 31.3 Å². The molecule has 1 aliphatic rings. The minimum atomic E-state index is 0.173. The quantitative estimate of drug-likeness (QED) is 0.891. The molecule has 1 aliphatic heterocycles. The van der Waals surface area contributed by atoms with Crippen LogP contribution in [0.4, 0.5) is 0 Å². The zero-order valence-electron chi connectivity index (χ0n) is 9.37. The maximum Gasteiger partial charge on any atom is 0.121 e. The highest BCUT2D eigenvalue weighted by atomic mass is 35.5. The Labute approximate surface area is 111 Å². The van der Waals surface area contributed by atoms with E-state index in [1.807, 2.05) is 0 Å². The van der Waals surface area contributed by atoms with E-state index < -0.39 is 0 Å². The molecule has 1 unspecified atom stereocenters. The lowest BCUT2D eigenvalue weighted by molar-refractivity contribution is 0.219. The molecule has 5 heteroatoms. The van der Waals surface area contributed by atoms with Crippen molar-refractivity contribution in [2.24, 2.45) is 5.92 Å². The minimum absolute atomic E-state index is 0.173. The van der Waals surface area contributed by atoms with Crippen LogP contribution in [-0.2, 0) is 6.54 Å². The van der Waals surface area contributed by atoms with E-state index in [0.29, 0.717) is 22.5 Å². The Morgan fingerprint density at radius 1 is 1.29 bits per heavy atom. The normalized spacial score (nSPS) is 21.0. The third-order valence-electron chi connectivity index (χ3n) is 3.14. The van der Waals surface area contributed by atoms with Gasteiger partial charge in [-0.15, -0.1) is 0 Å². The first-order valence-electron chi connectivity index (χ1n) is 5.60. The smallest absolute Gasteiger partial charge is 0.121 e. The molecule has 2 N–H and O–H groups in total. The summed E-state index contributed by atoms with van der Waals surface area (Å²) in [4.78, 5) is 2.19. The van der Waals surface area contributed by atoms with Crippen LogP contribution in [0, 0.1) is 5.92 Å². The Morgan fingerprint density at radius 2 is 2.00 bits per heavy atom. The zero-order chi connectivity index (χ0) is 12.4. The average Bonchev–Trinajstić information content (AvgIpc) is 2.73. The van der Waals surface area contributed by atoms with Crippen LogP contribution >= 0.6 is 23.2 Å². The number of rotatable bonds is 3. The van der Waals surface area contributed by atoms with Crippen LogP contribution in [0.2, 0.25) is 10.0 Å². The first kappa shape index (κ1) is 13.0. The first-order chi connectivity index (χ1) is 8.10. The Hall–Kier alpha value is -0.480. The molecule has 0 aromatic heterocycles. The predicted octanol–water partition coefficient (Wildman–Crippen LogP) is 2.51. The first-order valence-corrected chi connectivity index (χ1v) is 6.36. The summed E-state index contributed by atoms with van der Waals surface area (Å²) in [7, 11) is 0. The number of aliphatic hydroxyl groups is 1. The molecule has 17 heavy (non-hydrogen) atoms. The van der Waals surface area contributed by atoms with E-state index in [2.05, 4.69) is 4.90 Å². The number of aromatic hydroxyl groups is 1. The fraction of sp³-hybridized carbons (Fsp3) is 0.500. The van der Waals surface area contributed by atoms with Crippen molar-refractivity contribution in [1.82, 2.24) is 4.90 Å². The Bertz CT molecular complexity index is 412. The molecule has 1 heterocycles. The van der Waals surface area contributed by atoms with Crippen LogP contribution in [0.15, 0.2) is 12.1 Å². The highest BCUT2D eigenvalue weighted by Crippen LogP contribution is 2.31. The number of benzene rings is 1. The van der Waals surface area contributed by atoms with E-state index in [-0.39, 0.29) is 12.4 Å². The third-order valence-corrected chi connectivity index (χ3v) is 3.87. The van der Waals surface area contributed by atoms with Crippen molar-refractivity contribution >= 4 is 23.2 Å². The van der Waals surface area contributed by atoms with Gasteiger partial charge in [-0.05, 0) is 24.9 Å². The molecule has 0 amide bonds. The number of halogens is 2. The molecular weight excluding hydrogens is 261 g/mol. The van der Waals surface area contributed by atoms with Crippen LogP contribution in [-0.4, -0.2) is 34.8 Å². The molecule has 1 aromatic rings. The van der Waals surface area contributed by atoms with E-state index >= 15 is 0 Å². The third kappa shape index (κ3) is 3.05. The summed E-state index contributed by atoms with van der Waals surface area (Å²) in [5, 5.41) is 19.7. The number of likely N-dealkylation sites (tertiary alicyclic amines) is 1. The lowest BCUT2D eigenvalue weighted by Crippen LogP contribution is -2.21. The summed E-state index contributed by atoms with van der Waals surface area (Å²) in [6.45, 7) is 2.66. The number of hydrogen-bond acceptors (Lipinski definition) is 3. The lowest BCUT2D eigenvalue weighted by atomic mass is 10.1. The maximum absolute atomic E-state index is 9.78. The van der Waals surface area contributed by atoms with Gasteiger partial charge in [0.2, 0.25) is 0 Å². The van der Waals surface area contributed by atoms with Gasteiger partial charge in [-0.3, -0.25) is 4.90 Å². The standard InChI is InChI=1S/C12H15Cl2NO2/c13-10-3-9(12(17)4-11(10)14)6-15-2-1-8(5-15)7-16/h3-4,8,16-17H,1-2,5-7H2. The van der Waals surface area contributed by atoms with Crippen molar-refractivity contribution in [2.45, 2.75) is 13.0 Å². The van der Waals surface area contributed by atoms with Crippen molar-refractivity contribution in [3.63, 3.8) is 0 Å². The topological polar surface area (TPSA) is 43.7 Å². The molecule has 2 rings (SSSR count). The minimum Gasteiger partial charge on any atom is -0.508 e. The van der Waals surface area contributed by atoms with Crippen LogP contribution in [0.1, 0.15) is 12.0 Å². The Balaban J connectivity index is 2.06. The molecular formula is C12H15Cl2NO2. The van der Waals surface area contributed by atoms with E-state index in [0.717, 1.165) is 25.1 Å². The van der Waals surface area contributed by atoms with Gasteiger partial charge in [0.1, 0.15) is 5.75 Å². The van der Waals surface area contributed by atoms with Gasteiger partial charge in [0.05, 0.1) is 10.0 Å². The van der Waals surface area contributed by atoms with Crippen molar-refractivity contribution in [3.05, 3.63) is 27.7 Å². The van der Waals surface area contributed by atoms with Gasteiger partial charge in [-0.25, -0.2) is 0 Å². The molecule has 0 bridgehead atoms. The largest absolute Gasteiger partial charge is 0.508 e. The number of nitrogens with zero attached hydrogens (tertiary/aromatic N) is 1. The maximum atomic E-state index is 9.78. The molecule has 0 aliphatic carbocycles. The summed E-state index contributed by atoms with van der Waals surface area (Å²) < 4.78 is 0. The summed E-state index contributed by atoms with van der Waals surface area (Å²) >= 11 is 11.7. The van der Waals surface area contributed by atoms with E-state index in [1.165, 1.54) is 6.07 Å². The van der Waals surface area contributed by atoms with Gasteiger partial charge in [0.15, 0.2) is 0 Å². The molecule has 1 atom stereocenters. The predicted molar refractivity (Wildman–Crippen MR) is 68.6 cm³/mol. The molecule has 1 saturated heterocycles. The molecule has 0 radical (unpaired) electrons. The molecule has 1 fully saturated rings. The second-order valence-corrected chi connectivity index (χ2v) is 5.28. The number of phenols is 1. The average molecular weight is 276 g/mol. The second kappa shape index (κ2) is 5.44. The van der Waals surface area contributed by atoms with E-state index in [4.69, 9.17) is 28.3 Å². The molecule has 3 nitrogen and oxygen atoms in total. The van der Waals surface area contributed by atoms with Crippen molar-refractivity contribution < 1.29 is 10.2 Å². The monoisotopic (exact) mass is 275 g/mol. The number of aliphatic hydroxyl groups excluding tert-OH is 1. The van der Waals surface area contributed by atoms with Crippen LogP contribution in [0.25, 0.3) is 0 Å². The number of phenolic OH excluding ortho intramolecular Hbond substituents is 1. The van der Waals surface area contributed by atoms with Crippen LogP contribution < -0.4 is 0 Å². The summed E-state index contributed by atoms with van der Waals surface area (Å²) in [6.07, 6.45) is 0.999. The SMILES string of the molecule is OCC1CCN(Cc2cc(Cl)c(Cl)cc2O)C1. The molecule has 1 aromatic carbocycles. The zero-order valence-corrected chi connectivity index (χ0v) is 10.9. The van der Waals surface area contributed by atoms with Crippen LogP contribution in [0.3, 0.4) is 0 Å². The summed E-state index contributed by atoms with van der Waals surface area (Å²) in [5.74, 6) is 0.520. The van der Waals surface area contributed by atoms with Gasteiger partial charge >= 0.3 is 0 Å².